The number of halogens is 4. The highest BCUT2D eigenvalue weighted by atomic mass is 79.9. The van der Waals surface area contributed by atoms with Gasteiger partial charge in [0.05, 0.1) is 20.5 Å². The molecule has 100 valence electrons. The summed E-state index contributed by atoms with van der Waals surface area (Å²) in [6.07, 6.45) is 1.83. The molecule has 1 nitrogen and oxygen atoms in total. The molecule has 3 rings (SSSR count). The second kappa shape index (κ2) is 5.04. The van der Waals surface area contributed by atoms with Gasteiger partial charge in [-0.2, -0.15) is 0 Å². The van der Waals surface area contributed by atoms with Crippen molar-refractivity contribution >= 4 is 44.6 Å². The number of anilines is 1. The van der Waals surface area contributed by atoms with Crippen LogP contribution in [0.3, 0.4) is 0 Å². The number of hydrogen-bond donors (Lipinski definition) is 1. The lowest BCUT2D eigenvalue weighted by molar-refractivity contribution is 0.578. The van der Waals surface area contributed by atoms with Gasteiger partial charge in [0.25, 0.3) is 0 Å². The zero-order chi connectivity index (χ0) is 13.6. The number of hydrogen-bond acceptors (Lipinski definition) is 2. The molecule has 0 bridgehead atoms. The summed E-state index contributed by atoms with van der Waals surface area (Å²) in [5, 5.41) is 3.12. The monoisotopic (exact) mass is 363 g/mol. The maximum Gasteiger partial charge on any atom is 0.149 e. The van der Waals surface area contributed by atoms with Gasteiger partial charge in [-0.1, -0.05) is 11.6 Å². The molecule has 1 aliphatic rings. The molecular formula is C13H9BrClF2NS. The molecule has 0 amide bonds. The highest BCUT2D eigenvalue weighted by Crippen LogP contribution is 2.41. The molecular weight excluding hydrogens is 356 g/mol. The quantitative estimate of drug-likeness (QED) is 0.690. The summed E-state index contributed by atoms with van der Waals surface area (Å²) in [4.78, 5) is 1.24. The first kappa shape index (κ1) is 13.3. The van der Waals surface area contributed by atoms with E-state index in [1.165, 1.54) is 10.9 Å². The van der Waals surface area contributed by atoms with Crippen LogP contribution in [-0.2, 0) is 6.42 Å². The lowest BCUT2D eigenvalue weighted by Crippen LogP contribution is -2.08. The van der Waals surface area contributed by atoms with Gasteiger partial charge in [0, 0.05) is 10.9 Å². The molecule has 1 heterocycles. The average Bonchev–Trinajstić information content (AvgIpc) is 2.87. The Kier molecular flexibility index (Phi) is 3.53. The predicted molar refractivity (Wildman–Crippen MR) is 78.1 cm³/mol. The third-order valence-corrected chi connectivity index (χ3v) is 5.13. The van der Waals surface area contributed by atoms with E-state index in [0.717, 1.165) is 28.8 Å². The standard InChI is InChI=1S/C13H9BrClF2NS/c14-7-4-11(9(17)5-8(7)16)18-10-1-2-12-6(10)3-13(15)19-12/h3-5,10,18H,1-2H2. The zero-order valence-corrected chi connectivity index (χ0v) is 12.8. The van der Waals surface area contributed by atoms with Gasteiger partial charge >= 0.3 is 0 Å². The van der Waals surface area contributed by atoms with Gasteiger partial charge in [-0.25, -0.2) is 8.78 Å². The van der Waals surface area contributed by atoms with Crippen LogP contribution >= 0.6 is 38.9 Å². The van der Waals surface area contributed by atoms with Gasteiger partial charge in [-0.15, -0.1) is 11.3 Å². The number of nitrogens with one attached hydrogen (secondary N) is 1. The van der Waals surface area contributed by atoms with Crippen molar-refractivity contribution in [3.05, 3.63) is 49.1 Å². The highest BCUT2D eigenvalue weighted by molar-refractivity contribution is 9.10. The fraction of sp³-hybridized carbons (Fsp3) is 0.231. The summed E-state index contributed by atoms with van der Waals surface area (Å²) in [5.41, 5.74) is 1.42. The van der Waals surface area contributed by atoms with E-state index in [-0.39, 0.29) is 10.5 Å². The van der Waals surface area contributed by atoms with Crippen molar-refractivity contribution in [2.45, 2.75) is 18.9 Å². The Morgan fingerprint density at radius 1 is 1.26 bits per heavy atom. The average molecular weight is 365 g/mol. The first-order valence-corrected chi connectivity index (χ1v) is 7.72. The van der Waals surface area contributed by atoms with E-state index < -0.39 is 11.6 Å². The van der Waals surface area contributed by atoms with Crippen molar-refractivity contribution in [3.8, 4) is 0 Å². The Balaban J connectivity index is 1.89. The lowest BCUT2D eigenvalue weighted by Gasteiger charge is -2.15. The molecule has 2 aromatic rings. The molecule has 0 radical (unpaired) electrons. The lowest BCUT2D eigenvalue weighted by atomic mass is 10.1. The van der Waals surface area contributed by atoms with Crippen LogP contribution in [0.1, 0.15) is 22.9 Å². The number of aryl methyl sites for hydroxylation is 1. The van der Waals surface area contributed by atoms with E-state index in [0.29, 0.717) is 5.69 Å². The molecule has 1 aliphatic carbocycles. The number of benzene rings is 1. The van der Waals surface area contributed by atoms with Crippen LogP contribution in [0.15, 0.2) is 22.7 Å². The Labute approximate surface area is 126 Å². The number of thiophene rings is 1. The van der Waals surface area contributed by atoms with Gasteiger partial charge in [0.1, 0.15) is 11.6 Å². The second-order valence-corrected chi connectivity index (χ2v) is 7.03. The van der Waals surface area contributed by atoms with Gasteiger partial charge in [0.2, 0.25) is 0 Å². The normalized spacial score (nSPS) is 17.6. The minimum Gasteiger partial charge on any atom is -0.376 e. The van der Waals surface area contributed by atoms with Crippen molar-refractivity contribution in [1.82, 2.24) is 0 Å². The van der Waals surface area contributed by atoms with E-state index in [1.807, 2.05) is 6.07 Å². The fourth-order valence-corrected chi connectivity index (χ4v) is 4.00. The summed E-state index contributed by atoms with van der Waals surface area (Å²) >= 11 is 10.6. The minimum atomic E-state index is -0.603. The van der Waals surface area contributed by atoms with Gasteiger partial charge in [0.15, 0.2) is 0 Å². The van der Waals surface area contributed by atoms with Crippen molar-refractivity contribution in [1.29, 1.82) is 0 Å². The summed E-state index contributed by atoms with van der Waals surface area (Å²) in [6.45, 7) is 0. The molecule has 1 N–H and O–H groups in total. The molecule has 0 saturated carbocycles. The van der Waals surface area contributed by atoms with E-state index >= 15 is 0 Å². The predicted octanol–water partition coefficient (Wildman–Crippen LogP) is 5.54. The topological polar surface area (TPSA) is 12.0 Å². The summed E-state index contributed by atoms with van der Waals surface area (Å²) < 4.78 is 27.9. The third kappa shape index (κ3) is 2.51. The second-order valence-electron chi connectivity index (χ2n) is 4.41. The molecule has 1 aromatic heterocycles. The Morgan fingerprint density at radius 2 is 2.05 bits per heavy atom. The minimum absolute atomic E-state index is 0.0330. The van der Waals surface area contributed by atoms with E-state index in [9.17, 15) is 8.78 Å². The smallest absolute Gasteiger partial charge is 0.149 e. The SMILES string of the molecule is Fc1cc(F)c(NC2CCc3sc(Cl)cc32)cc1Br. The van der Waals surface area contributed by atoms with Crippen LogP contribution in [0.5, 0.6) is 0 Å². The van der Waals surface area contributed by atoms with Gasteiger partial charge < -0.3 is 5.32 Å². The van der Waals surface area contributed by atoms with Crippen LogP contribution in [0.4, 0.5) is 14.5 Å². The summed E-state index contributed by atoms with van der Waals surface area (Å²) in [7, 11) is 0. The van der Waals surface area contributed by atoms with Crippen LogP contribution in [0.2, 0.25) is 4.34 Å². The molecule has 0 aliphatic heterocycles. The Hall–Kier alpha value is -0.650. The van der Waals surface area contributed by atoms with Crippen LogP contribution in [0, 0.1) is 11.6 Å². The fourth-order valence-electron chi connectivity index (χ4n) is 2.30. The molecule has 1 unspecified atom stereocenters. The summed E-state index contributed by atoms with van der Waals surface area (Å²) in [6, 6.07) is 4.26. The van der Waals surface area contributed by atoms with E-state index in [1.54, 1.807) is 11.3 Å². The van der Waals surface area contributed by atoms with Crippen molar-refractivity contribution < 1.29 is 8.78 Å². The van der Waals surface area contributed by atoms with Crippen molar-refractivity contribution in [3.63, 3.8) is 0 Å². The summed E-state index contributed by atoms with van der Waals surface area (Å²) in [5.74, 6) is -1.19. The van der Waals surface area contributed by atoms with Crippen molar-refractivity contribution in [2.75, 3.05) is 5.32 Å². The molecule has 0 fully saturated rings. The first-order valence-electron chi connectivity index (χ1n) is 5.74. The number of rotatable bonds is 2. The molecule has 0 saturated heterocycles. The zero-order valence-electron chi connectivity index (χ0n) is 9.64. The Bertz CT molecular complexity index is 644. The van der Waals surface area contributed by atoms with Gasteiger partial charge in [-0.05, 0) is 46.5 Å². The maximum absolute atomic E-state index is 13.7. The Morgan fingerprint density at radius 3 is 2.84 bits per heavy atom. The highest BCUT2D eigenvalue weighted by Gasteiger charge is 2.25. The van der Waals surface area contributed by atoms with Crippen LogP contribution in [0.25, 0.3) is 0 Å². The van der Waals surface area contributed by atoms with E-state index in [2.05, 4.69) is 21.2 Å². The number of fused-ring (bicyclic) bond motifs is 1. The first-order chi connectivity index (χ1) is 9.04. The maximum atomic E-state index is 13.7. The van der Waals surface area contributed by atoms with Crippen molar-refractivity contribution in [2.24, 2.45) is 0 Å². The van der Waals surface area contributed by atoms with Crippen LogP contribution in [-0.4, -0.2) is 0 Å². The van der Waals surface area contributed by atoms with Gasteiger partial charge in [-0.3, -0.25) is 0 Å². The van der Waals surface area contributed by atoms with Crippen LogP contribution < -0.4 is 5.32 Å². The molecule has 0 spiro atoms. The molecule has 1 aromatic carbocycles. The molecule has 19 heavy (non-hydrogen) atoms. The van der Waals surface area contributed by atoms with E-state index in [4.69, 9.17) is 11.6 Å². The molecule has 1 atom stereocenters. The largest absolute Gasteiger partial charge is 0.376 e. The third-order valence-electron chi connectivity index (χ3n) is 3.19. The molecule has 6 heteroatoms.